The average Bonchev–Trinajstić information content (AvgIpc) is 2.75. The van der Waals surface area contributed by atoms with Crippen molar-refractivity contribution in [3.63, 3.8) is 0 Å². The van der Waals surface area contributed by atoms with Gasteiger partial charge in [-0.2, -0.15) is 5.10 Å². The molecule has 7 heteroatoms. The van der Waals surface area contributed by atoms with Crippen LogP contribution < -0.4 is 4.90 Å². The van der Waals surface area contributed by atoms with Crippen molar-refractivity contribution < 1.29 is 4.92 Å². The number of rotatable bonds is 4. The Hall–Kier alpha value is -2.70. The summed E-state index contributed by atoms with van der Waals surface area (Å²) in [6.07, 6.45) is 1.61. The lowest BCUT2D eigenvalue weighted by molar-refractivity contribution is -0.384. The number of nitrogens with one attached hydrogen (secondary N) is 1. The third kappa shape index (κ3) is 3.07. The van der Waals surface area contributed by atoms with Gasteiger partial charge in [-0.1, -0.05) is 6.07 Å². The van der Waals surface area contributed by atoms with E-state index in [4.69, 9.17) is 0 Å². The zero-order valence-corrected chi connectivity index (χ0v) is 12.4. The number of anilines is 1. The lowest BCUT2D eigenvalue weighted by Gasteiger charge is -2.12. The summed E-state index contributed by atoms with van der Waals surface area (Å²) in [5.41, 5.74) is 3.71. The van der Waals surface area contributed by atoms with Crippen molar-refractivity contribution in [1.29, 1.82) is 0 Å². The molecule has 1 N–H and O–H groups in total. The first kappa shape index (κ1) is 14.7. The van der Waals surface area contributed by atoms with E-state index in [1.54, 1.807) is 37.3 Å². The molecule has 0 saturated heterocycles. The quantitative estimate of drug-likeness (QED) is 0.532. The van der Waals surface area contributed by atoms with Crippen molar-refractivity contribution in [3.8, 4) is 0 Å². The molecule has 0 spiro atoms. The molecule has 0 unspecified atom stereocenters. The van der Waals surface area contributed by atoms with Gasteiger partial charge in [0.1, 0.15) is 11.4 Å². The number of nitrogens with zero attached hydrogens (tertiary/aromatic N) is 4. The van der Waals surface area contributed by atoms with Crippen LogP contribution in [-0.4, -0.2) is 35.4 Å². The van der Waals surface area contributed by atoms with Crippen molar-refractivity contribution in [1.82, 2.24) is 10.2 Å². The molecule has 1 aromatic carbocycles. The summed E-state index contributed by atoms with van der Waals surface area (Å²) >= 11 is 0. The van der Waals surface area contributed by atoms with Crippen LogP contribution >= 0.6 is 0 Å². The van der Waals surface area contributed by atoms with Gasteiger partial charge in [-0.3, -0.25) is 20.2 Å². The molecule has 7 nitrogen and oxygen atoms in total. The Morgan fingerprint density at radius 3 is 2.62 bits per heavy atom. The van der Waals surface area contributed by atoms with Crippen LogP contribution in [0.3, 0.4) is 0 Å². The van der Waals surface area contributed by atoms with Crippen molar-refractivity contribution >= 4 is 23.3 Å². The van der Waals surface area contributed by atoms with Gasteiger partial charge < -0.3 is 4.90 Å². The molecule has 2 aromatic rings. The first-order valence-corrected chi connectivity index (χ1v) is 6.41. The van der Waals surface area contributed by atoms with Crippen LogP contribution in [-0.2, 0) is 0 Å². The molecule has 21 heavy (non-hydrogen) atoms. The molecule has 0 radical (unpaired) electrons. The zero-order chi connectivity index (χ0) is 15.6. The number of benzene rings is 1. The van der Waals surface area contributed by atoms with E-state index in [-0.39, 0.29) is 10.6 Å². The highest BCUT2D eigenvalue weighted by atomic mass is 16.6. The van der Waals surface area contributed by atoms with Gasteiger partial charge in [0.25, 0.3) is 5.69 Å². The van der Waals surface area contributed by atoms with Crippen molar-refractivity contribution in [2.24, 2.45) is 4.99 Å². The number of H-pyrrole nitrogens is 1. The maximum Gasteiger partial charge on any atom is 0.293 e. The van der Waals surface area contributed by atoms with Crippen LogP contribution in [0.5, 0.6) is 0 Å². The Morgan fingerprint density at radius 2 is 2.10 bits per heavy atom. The fraction of sp³-hybridized carbons (Fsp3) is 0.286. The number of aromatic nitrogens is 2. The molecule has 0 aliphatic carbocycles. The topological polar surface area (TPSA) is 87.4 Å². The summed E-state index contributed by atoms with van der Waals surface area (Å²) in [7, 11) is 3.54. The van der Waals surface area contributed by atoms with Crippen molar-refractivity contribution in [2.45, 2.75) is 13.8 Å². The largest absolute Gasteiger partial charge is 0.372 e. The third-order valence-electron chi connectivity index (χ3n) is 3.11. The highest BCUT2D eigenvalue weighted by Crippen LogP contribution is 2.27. The van der Waals surface area contributed by atoms with Gasteiger partial charge in [0.15, 0.2) is 0 Å². The van der Waals surface area contributed by atoms with E-state index in [2.05, 4.69) is 15.2 Å². The van der Waals surface area contributed by atoms with Gasteiger partial charge >= 0.3 is 0 Å². The third-order valence-corrected chi connectivity index (χ3v) is 3.11. The van der Waals surface area contributed by atoms with Gasteiger partial charge in [0.2, 0.25) is 0 Å². The van der Waals surface area contributed by atoms with E-state index < -0.39 is 0 Å². The highest BCUT2D eigenvalue weighted by molar-refractivity contribution is 5.85. The average molecular weight is 287 g/mol. The molecular weight excluding hydrogens is 270 g/mol. The van der Waals surface area contributed by atoms with Gasteiger partial charge in [0.05, 0.1) is 16.3 Å². The highest BCUT2D eigenvalue weighted by Gasteiger charge is 2.15. The summed E-state index contributed by atoms with van der Waals surface area (Å²) in [5.74, 6) is 0. The number of nitro benzene ring substituents is 1. The van der Waals surface area contributed by atoms with Crippen molar-refractivity contribution in [2.75, 3.05) is 19.0 Å². The van der Waals surface area contributed by atoms with E-state index in [0.29, 0.717) is 11.3 Å². The fourth-order valence-electron chi connectivity index (χ4n) is 2.02. The molecule has 1 aromatic heterocycles. The molecule has 0 aliphatic rings. The van der Waals surface area contributed by atoms with Gasteiger partial charge in [-0.05, 0) is 25.5 Å². The number of hydrogen-bond donors (Lipinski definition) is 1. The molecule has 0 aliphatic heterocycles. The summed E-state index contributed by atoms with van der Waals surface area (Å²) in [6, 6.07) is 5.04. The second kappa shape index (κ2) is 5.74. The minimum atomic E-state index is -0.388. The maximum absolute atomic E-state index is 11.1. The molecule has 1 heterocycles. The Morgan fingerprint density at radius 1 is 1.38 bits per heavy atom. The first-order valence-electron chi connectivity index (χ1n) is 6.41. The standard InChI is InChI=1S/C14H17N5O2/c1-9-14(10(2)17-16-9)15-8-11-5-6-12(18(3)4)13(7-11)19(20)21/h5-8H,1-4H3,(H,16,17). The normalized spacial score (nSPS) is 11.0. The lowest BCUT2D eigenvalue weighted by Crippen LogP contribution is -2.11. The van der Waals surface area contributed by atoms with E-state index >= 15 is 0 Å². The monoisotopic (exact) mass is 287 g/mol. The van der Waals surface area contributed by atoms with Crippen molar-refractivity contribution in [3.05, 3.63) is 45.3 Å². The molecule has 0 saturated carbocycles. The maximum atomic E-state index is 11.1. The minimum Gasteiger partial charge on any atom is -0.372 e. The van der Waals surface area contributed by atoms with Crippen LogP contribution in [0, 0.1) is 24.0 Å². The van der Waals surface area contributed by atoms with Gasteiger partial charge in [-0.25, -0.2) is 0 Å². The Balaban J connectivity index is 2.38. The van der Waals surface area contributed by atoms with Gasteiger partial charge in [-0.15, -0.1) is 0 Å². The van der Waals surface area contributed by atoms with Crippen LogP contribution in [0.2, 0.25) is 0 Å². The molecule has 0 amide bonds. The number of aliphatic imine (C=N–C) groups is 1. The van der Waals surface area contributed by atoms with Crippen LogP contribution in [0.1, 0.15) is 17.0 Å². The summed E-state index contributed by atoms with van der Waals surface area (Å²) < 4.78 is 0. The van der Waals surface area contributed by atoms with E-state index in [0.717, 1.165) is 17.1 Å². The predicted molar refractivity (Wildman–Crippen MR) is 82.7 cm³/mol. The second-order valence-electron chi connectivity index (χ2n) is 4.94. The van der Waals surface area contributed by atoms with Crippen LogP contribution in [0.15, 0.2) is 23.2 Å². The molecule has 110 valence electrons. The van der Waals surface area contributed by atoms with Crippen LogP contribution in [0.4, 0.5) is 17.1 Å². The first-order chi connectivity index (χ1) is 9.90. The lowest BCUT2D eigenvalue weighted by atomic mass is 10.1. The smallest absolute Gasteiger partial charge is 0.293 e. The number of nitro groups is 1. The van der Waals surface area contributed by atoms with Crippen LogP contribution in [0.25, 0.3) is 0 Å². The Kier molecular flexibility index (Phi) is 4.02. The second-order valence-corrected chi connectivity index (χ2v) is 4.94. The van der Waals surface area contributed by atoms with E-state index in [9.17, 15) is 10.1 Å². The Bertz CT molecular complexity index is 684. The number of hydrogen-bond acceptors (Lipinski definition) is 5. The number of aryl methyl sites for hydroxylation is 2. The Labute approximate surface area is 122 Å². The molecule has 0 fully saturated rings. The molecule has 0 atom stereocenters. The summed E-state index contributed by atoms with van der Waals surface area (Å²) in [6.45, 7) is 3.73. The fourth-order valence-corrected chi connectivity index (χ4v) is 2.02. The zero-order valence-electron chi connectivity index (χ0n) is 12.4. The summed E-state index contributed by atoms with van der Waals surface area (Å²) in [4.78, 5) is 16.8. The van der Waals surface area contributed by atoms with Gasteiger partial charge in [0, 0.05) is 26.4 Å². The molecular formula is C14H17N5O2. The summed E-state index contributed by atoms with van der Waals surface area (Å²) in [5, 5.41) is 18.0. The SMILES string of the molecule is Cc1n[nH]c(C)c1N=Cc1ccc(N(C)C)c([N+](=O)[O-])c1. The predicted octanol–water partition coefficient (Wildman–Crippen LogP) is 2.75. The van der Waals surface area contributed by atoms with E-state index in [1.165, 1.54) is 6.07 Å². The van der Waals surface area contributed by atoms with E-state index in [1.807, 2.05) is 13.8 Å². The minimum absolute atomic E-state index is 0.0598. The number of aromatic amines is 1. The molecule has 2 rings (SSSR count). The molecule has 0 bridgehead atoms.